The molecule has 1 fully saturated rings. The third-order valence-corrected chi connectivity index (χ3v) is 2.44. The van der Waals surface area contributed by atoms with Crippen LogP contribution in [0.25, 0.3) is 0 Å². The molecule has 0 aromatic rings. The molecule has 1 aliphatic rings. The van der Waals surface area contributed by atoms with E-state index in [0.29, 0.717) is 11.5 Å². The fourth-order valence-electron chi connectivity index (χ4n) is 1.73. The minimum absolute atomic E-state index is 0.439. The van der Waals surface area contributed by atoms with Crippen LogP contribution in [0.5, 0.6) is 0 Å². The van der Waals surface area contributed by atoms with Crippen LogP contribution in [0.1, 0.15) is 33.1 Å². The number of ether oxygens (including phenoxy) is 1. The largest absolute Gasteiger partial charge is 0.381 e. The zero-order valence-electron chi connectivity index (χ0n) is 6.61. The van der Waals surface area contributed by atoms with Crippen molar-refractivity contribution in [3.05, 3.63) is 0 Å². The van der Waals surface area contributed by atoms with Gasteiger partial charge in [-0.3, -0.25) is 0 Å². The molecule has 1 aliphatic carbocycles. The number of hydrogen-bond donors (Lipinski definition) is 0. The zero-order chi connectivity index (χ0) is 6.91. The van der Waals surface area contributed by atoms with Crippen molar-refractivity contribution in [2.24, 2.45) is 5.41 Å². The summed E-state index contributed by atoms with van der Waals surface area (Å²) in [6.45, 7) is 4.57. The fraction of sp³-hybridized carbons (Fsp3) is 1.00. The van der Waals surface area contributed by atoms with E-state index in [1.807, 2.05) is 7.11 Å². The highest BCUT2D eigenvalue weighted by atomic mass is 16.5. The Morgan fingerprint density at radius 2 is 2.11 bits per heavy atom. The molecule has 1 nitrogen and oxygen atoms in total. The van der Waals surface area contributed by atoms with E-state index in [-0.39, 0.29) is 0 Å². The molecule has 0 N–H and O–H groups in total. The fourth-order valence-corrected chi connectivity index (χ4v) is 1.73. The molecule has 0 aliphatic heterocycles. The normalized spacial score (nSPS) is 33.0. The van der Waals surface area contributed by atoms with Crippen LogP contribution in [-0.2, 0) is 4.74 Å². The topological polar surface area (TPSA) is 9.23 Å². The van der Waals surface area contributed by atoms with Crippen LogP contribution >= 0.6 is 0 Å². The van der Waals surface area contributed by atoms with E-state index < -0.39 is 0 Å². The molecule has 0 spiro atoms. The second-order valence-corrected chi connectivity index (χ2v) is 3.61. The molecule has 0 amide bonds. The van der Waals surface area contributed by atoms with Crippen LogP contribution in [0.4, 0.5) is 0 Å². The summed E-state index contributed by atoms with van der Waals surface area (Å²) in [6.07, 6.45) is 4.43. The average molecular weight is 128 g/mol. The summed E-state index contributed by atoms with van der Waals surface area (Å²) in [5.41, 5.74) is 0.439. The van der Waals surface area contributed by atoms with Gasteiger partial charge in [0.25, 0.3) is 0 Å². The lowest BCUT2D eigenvalue weighted by Gasteiger charge is -2.24. The summed E-state index contributed by atoms with van der Waals surface area (Å²) in [4.78, 5) is 0. The molecule has 0 aromatic carbocycles. The molecule has 0 unspecified atom stereocenters. The van der Waals surface area contributed by atoms with E-state index in [1.54, 1.807) is 0 Å². The van der Waals surface area contributed by atoms with Crippen molar-refractivity contribution in [1.82, 2.24) is 0 Å². The van der Waals surface area contributed by atoms with E-state index in [1.165, 1.54) is 19.3 Å². The molecule has 0 heterocycles. The first-order valence-electron chi connectivity index (χ1n) is 3.69. The van der Waals surface area contributed by atoms with Crippen molar-refractivity contribution in [3.63, 3.8) is 0 Å². The minimum Gasteiger partial charge on any atom is -0.381 e. The van der Waals surface area contributed by atoms with Crippen LogP contribution in [-0.4, -0.2) is 13.2 Å². The molecule has 54 valence electrons. The average Bonchev–Trinajstić information content (AvgIpc) is 2.08. The summed E-state index contributed by atoms with van der Waals surface area (Å²) in [6, 6.07) is 0. The standard InChI is InChI=1S/C8H16O/c1-8(2)6-4-5-7(8)9-3/h7H,4-6H2,1-3H3/t7-/m1/s1. The molecule has 1 rings (SSSR count). The summed E-state index contributed by atoms with van der Waals surface area (Å²) in [5, 5.41) is 0. The zero-order valence-corrected chi connectivity index (χ0v) is 6.61. The Balaban J connectivity index is 2.52. The van der Waals surface area contributed by atoms with Crippen LogP contribution in [0, 0.1) is 5.41 Å². The van der Waals surface area contributed by atoms with Crippen molar-refractivity contribution >= 4 is 0 Å². The predicted molar refractivity (Wildman–Crippen MR) is 38.4 cm³/mol. The van der Waals surface area contributed by atoms with E-state index in [4.69, 9.17) is 4.74 Å². The lowest BCUT2D eigenvalue weighted by molar-refractivity contribution is 0.0308. The van der Waals surface area contributed by atoms with Gasteiger partial charge in [0, 0.05) is 7.11 Å². The molecule has 0 radical (unpaired) electrons. The molecule has 9 heavy (non-hydrogen) atoms. The van der Waals surface area contributed by atoms with Crippen molar-refractivity contribution in [3.8, 4) is 0 Å². The Bertz CT molecular complexity index is 96.7. The molecule has 0 bridgehead atoms. The number of rotatable bonds is 1. The van der Waals surface area contributed by atoms with Crippen molar-refractivity contribution in [2.45, 2.75) is 39.2 Å². The third-order valence-electron chi connectivity index (χ3n) is 2.44. The second-order valence-electron chi connectivity index (χ2n) is 3.61. The smallest absolute Gasteiger partial charge is 0.0622 e. The van der Waals surface area contributed by atoms with E-state index >= 15 is 0 Å². The second kappa shape index (κ2) is 2.30. The van der Waals surface area contributed by atoms with Crippen molar-refractivity contribution in [1.29, 1.82) is 0 Å². The van der Waals surface area contributed by atoms with Crippen LogP contribution in [0.2, 0.25) is 0 Å². The molecule has 1 atom stereocenters. The van der Waals surface area contributed by atoms with E-state index in [2.05, 4.69) is 13.8 Å². The predicted octanol–water partition coefficient (Wildman–Crippen LogP) is 2.21. The summed E-state index contributed by atoms with van der Waals surface area (Å²) < 4.78 is 5.33. The molecule has 0 aromatic heterocycles. The highest BCUT2D eigenvalue weighted by Crippen LogP contribution is 2.38. The summed E-state index contributed by atoms with van der Waals surface area (Å²) in [7, 11) is 1.82. The highest BCUT2D eigenvalue weighted by Gasteiger charge is 2.34. The van der Waals surface area contributed by atoms with Gasteiger partial charge >= 0.3 is 0 Å². The van der Waals surface area contributed by atoms with Gasteiger partial charge in [0.05, 0.1) is 6.10 Å². The maximum atomic E-state index is 5.33. The van der Waals surface area contributed by atoms with Crippen LogP contribution in [0.15, 0.2) is 0 Å². The molecular weight excluding hydrogens is 112 g/mol. The van der Waals surface area contributed by atoms with Gasteiger partial charge in [0.2, 0.25) is 0 Å². The lowest BCUT2D eigenvalue weighted by atomic mass is 9.89. The quantitative estimate of drug-likeness (QED) is 0.526. The Kier molecular flexibility index (Phi) is 1.80. The van der Waals surface area contributed by atoms with Crippen LogP contribution < -0.4 is 0 Å². The van der Waals surface area contributed by atoms with E-state index in [9.17, 15) is 0 Å². The Hall–Kier alpha value is -0.0400. The maximum Gasteiger partial charge on any atom is 0.0622 e. The van der Waals surface area contributed by atoms with Crippen molar-refractivity contribution < 1.29 is 4.74 Å². The van der Waals surface area contributed by atoms with Gasteiger partial charge in [0.15, 0.2) is 0 Å². The molecular formula is C8H16O. The van der Waals surface area contributed by atoms with Gasteiger partial charge in [-0.15, -0.1) is 0 Å². The van der Waals surface area contributed by atoms with Gasteiger partial charge in [-0.1, -0.05) is 20.3 Å². The lowest BCUT2D eigenvalue weighted by Crippen LogP contribution is -2.24. The first-order chi connectivity index (χ1) is 4.17. The Labute approximate surface area is 57.4 Å². The molecule has 0 saturated heterocycles. The minimum atomic E-state index is 0.439. The highest BCUT2D eigenvalue weighted by molar-refractivity contribution is 4.85. The summed E-state index contributed by atoms with van der Waals surface area (Å²) >= 11 is 0. The summed E-state index contributed by atoms with van der Waals surface area (Å²) in [5.74, 6) is 0. The monoisotopic (exact) mass is 128 g/mol. The van der Waals surface area contributed by atoms with Gasteiger partial charge < -0.3 is 4.74 Å². The third kappa shape index (κ3) is 1.26. The molecule has 1 saturated carbocycles. The maximum absolute atomic E-state index is 5.33. The van der Waals surface area contributed by atoms with Crippen LogP contribution in [0.3, 0.4) is 0 Å². The van der Waals surface area contributed by atoms with Gasteiger partial charge in [-0.2, -0.15) is 0 Å². The number of hydrogen-bond acceptors (Lipinski definition) is 1. The number of methoxy groups -OCH3 is 1. The Morgan fingerprint density at radius 3 is 2.33 bits per heavy atom. The first-order valence-corrected chi connectivity index (χ1v) is 3.69. The SMILES string of the molecule is CO[C@@H]1CCCC1(C)C. The first kappa shape index (κ1) is 7.07. The van der Waals surface area contributed by atoms with E-state index in [0.717, 1.165) is 0 Å². The molecule has 1 heteroatoms. The van der Waals surface area contributed by atoms with Crippen molar-refractivity contribution in [2.75, 3.05) is 7.11 Å². The van der Waals surface area contributed by atoms with Gasteiger partial charge in [-0.05, 0) is 18.3 Å². The Morgan fingerprint density at radius 1 is 1.44 bits per heavy atom. The van der Waals surface area contributed by atoms with Gasteiger partial charge in [0.1, 0.15) is 0 Å². The van der Waals surface area contributed by atoms with Gasteiger partial charge in [-0.25, -0.2) is 0 Å².